The molecule has 192 valence electrons. The molecular formula is C28H21ClN2O7. The smallest absolute Gasteiger partial charge is 0.379 e. The van der Waals surface area contributed by atoms with Gasteiger partial charge in [-0.15, -0.1) is 0 Å². The molecule has 2 heterocycles. The molecule has 3 amide bonds. The number of ether oxygens (including phenoxy) is 1. The summed E-state index contributed by atoms with van der Waals surface area (Å²) in [6.45, 7) is -0.583. The van der Waals surface area contributed by atoms with Crippen LogP contribution in [0.4, 0.5) is 0 Å². The van der Waals surface area contributed by atoms with E-state index in [1.165, 1.54) is 48.7 Å². The molecule has 0 spiro atoms. The topological polar surface area (TPSA) is 114 Å². The number of amides is 3. The van der Waals surface area contributed by atoms with Gasteiger partial charge in [0, 0.05) is 5.56 Å². The number of rotatable bonds is 7. The minimum atomic E-state index is -0.749. The first-order chi connectivity index (χ1) is 18.3. The lowest BCUT2D eigenvalue weighted by atomic mass is 9.85. The van der Waals surface area contributed by atoms with Crippen molar-refractivity contribution in [3.63, 3.8) is 0 Å². The molecule has 1 fully saturated rings. The highest BCUT2D eigenvalue weighted by molar-refractivity contribution is 6.34. The molecule has 5 rings (SSSR count). The lowest BCUT2D eigenvalue weighted by Gasteiger charge is -2.30. The molecule has 9 nitrogen and oxygen atoms in total. The number of ketones is 1. The number of imide groups is 1. The third-order valence-corrected chi connectivity index (χ3v) is 6.80. The zero-order valence-electron chi connectivity index (χ0n) is 19.9. The Hall–Kier alpha value is -4.50. The van der Waals surface area contributed by atoms with E-state index in [-0.39, 0.29) is 27.7 Å². The van der Waals surface area contributed by atoms with Crippen LogP contribution in [0.15, 0.2) is 83.5 Å². The maximum atomic E-state index is 13.6. The Morgan fingerprint density at radius 1 is 0.921 bits per heavy atom. The number of halogens is 1. The number of hydrazine groups is 1. The van der Waals surface area contributed by atoms with Gasteiger partial charge in [-0.2, -0.15) is 5.01 Å². The molecule has 2 aliphatic rings. The summed E-state index contributed by atoms with van der Waals surface area (Å²) in [7, 11) is 0. The number of hydrogen-bond donors (Lipinski definition) is 0. The first-order valence-electron chi connectivity index (χ1n) is 11.8. The molecular weight excluding hydrogens is 512 g/mol. The van der Waals surface area contributed by atoms with E-state index in [4.69, 9.17) is 20.8 Å². The number of benzene rings is 2. The van der Waals surface area contributed by atoms with Crippen LogP contribution in [0.25, 0.3) is 0 Å². The van der Waals surface area contributed by atoms with Crippen molar-refractivity contribution < 1.29 is 33.1 Å². The monoisotopic (exact) mass is 532 g/mol. The Morgan fingerprint density at radius 3 is 2.18 bits per heavy atom. The summed E-state index contributed by atoms with van der Waals surface area (Å²) in [4.78, 5) is 65.4. The van der Waals surface area contributed by atoms with Gasteiger partial charge in [0.05, 0.1) is 28.7 Å². The van der Waals surface area contributed by atoms with Crippen LogP contribution in [0.5, 0.6) is 5.75 Å². The van der Waals surface area contributed by atoms with Gasteiger partial charge in [0.2, 0.25) is 5.76 Å². The van der Waals surface area contributed by atoms with Crippen LogP contribution < -0.4 is 4.74 Å². The van der Waals surface area contributed by atoms with Crippen LogP contribution in [0, 0.1) is 11.8 Å². The zero-order chi connectivity index (χ0) is 26.8. The fourth-order valence-electron chi connectivity index (χ4n) is 4.52. The molecule has 1 aromatic heterocycles. The molecule has 1 aliphatic carbocycles. The van der Waals surface area contributed by atoms with Crippen molar-refractivity contribution in [2.24, 2.45) is 11.8 Å². The van der Waals surface area contributed by atoms with Crippen molar-refractivity contribution in [2.75, 3.05) is 6.54 Å². The summed E-state index contributed by atoms with van der Waals surface area (Å²) in [6.07, 6.45) is 5.77. The Kier molecular flexibility index (Phi) is 6.93. The van der Waals surface area contributed by atoms with Gasteiger partial charge in [-0.05, 0) is 61.4 Å². The second-order valence-electron chi connectivity index (χ2n) is 8.80. The van der Waals surface area contributed by atoms with Crippen molar-refractivity contribution in [2.45, 2.75) is 12.8 Å². The Bertz CT molecular complexity index is 1420. The van der Waals surface area contributed by atoms with Gasteiger partial charge in [-0.25, -0.2) is 9.80 Å². The van der Waals surface area contributed by atoms with E-state index in [1.54, 1.807) is 18.2 Å². The average molecular weight is 533 g/mol. The van der Waals surface area contributed by atoms with Gasteiger partial charge in [0.25, 0.3) is 17.7 Å². The highest BCUT2D eigenvalue weighted by Crippen LogP contribution is 2.36. The van der Waals surface area contributed by atoms with Crippen molar-refractivity contribution >= 4 is 41.1 Å². The molecule has 10 heteroatoms. The minimum absolute atomic E-state index is 0.0228. The molecule has 1 saturated heterocycles. The average Bonchev–Trinajstić information content (AvgIpc) is 3.55. The number of fused-ring (bicyclic) bond motifs is 1. The van der Waals surface area contributed by atoms with E-state index >= 15 is 0 Å². The first kappa shape index (κ1) is 25.2. The van der Waals surface area contributed by atoms with Gasteiger partial charge in [0.1, 0.15) is 12.3 Å². The number of carbonyl (C=O) groups is 5. The Labute approximate surface area is 222 Å². The van der Waals surface area contributed by atoms with Gasteiger partial charge < -0.3 is 9.15 Å². The highest BCUT2D eigenvalue weighted by Gasteiger charge is 2.51. The van der Waals surface area contributed by atoms with E-state index in [9.17, 15) is 24.0 Å². The lowest BCUT2D eigenvalue weighted by Crippen LogP contribution is -2.52. The summed E-state index contributed by atoms with van der Waals surface area (Å²) < 4.78 is 10.2. The molecule has 0 saturated carbocycles. The van der Waals surface area contributed by atoms with Crippen LogP contribution >= 0.6 is 11.6 Å². The van der Waals surface area contributed by atoms with Crippen LogP contribution in [0.1, 0.15) is 44.1 Å². The van der Waals surface area contributed by atoms with Crippen LogP contribution in [0.3, 0.4) is 0 Å². The predicted molar refractivity (Wildman–Crippen MR) is 134 cm³/mol. The number of carbonyl (C=O) groups excluding carboxylic acids is 5. The molecule has 0 radical (unpaired) electrons. The second-order valence-corrected chi connectivity index (χ2v) is 9.21. The standard InChI is InChI=1S/C28H21ClN2O7/c29-22-9-4-3-8-21(22)25(33)30(31-26(34)19-6-1-2-7-20(19)27(31)35)16-23(32)17-11-13-18(14-12-17)38-28(36)24-10-5-15-37-24/h1-5,8-15,19-20H,6-7,16H2/t19-,20-/m0/s1. The van der Waals surface area contributed by atoms with E-state index in [0.717, 1.165) is 10.0 Å². The molecule has 1 aliphatic heterocycles. The molecule has 2 atom stereocenters. The summed E-state index contributed by atoms with van der Waals surface area (Å²) >= 11 is 6.24. The van der Waals surface area contributed by atoms with Crippen molar-refractivity contribution in [3.05, 3.63) is 101 Å². The maximum Gasteiger partial charge on any atom is 0.379 e. The molecule has 0 unspecified atom stereocenters. The van der Waals surface area contributed by atoms with Gasteiger partial charge in [-0.3, -0.25) is 19.2 Å². The fraction of sp³-hybridized carbons (Fsp3) is 0.179. The third-order valence-electron chi connectivity index (χ3n) is 6.47. The highest BCUT2D eigenvalue weighted by atomic mass is 35.5. The first-order valence-corrected chi connectivity index (χ1v) is 12.2. The molecule has 38 heavy (non-hydrogen) atoms. The van der Waals surface area contributed by atoms with Crippen LogP contribution in [-0.2, 0) is 9.59 Å². The van der Waals surface area contributed by atoms with Crippen LogP contribution in [-0.4, -0.2) is 46.0 Å². The van der Waals surface area contributed by atoms with E-state index in [1.807, 2.05) is 12.2 Å². The summed E-state index contributed by atoms with van der Waals surface area (Å²) in [5.74, 6) is -4.03. The van der Waals surface area contributed by atoms with Crippen LogP contribution in [0.2, 0.25) is 5.02 Å². The van der Waals surface area contributed by atoms with Crippen molar-refractivity contribution in [1.82, 2.24) is 10.0 Å². The zero-order valence-corrected chi connectivity index (χ0v) is 20.7. The number of nitrogens with zero attached hydrogens (tertiary/aromatic N) is 2. The SMILES string of the molecule is O=C(CN(C(=O)c1ccccc1Cl)N1C(=O)[C@H]2CC=CC[C@@H]2C1=O)c1ccc(OC(=O)c2ccco2)cc1. The molecule has 2 aromatic carbocycles. The van der Waals surface area contributed by atoms with Gasteiger partial charge in [0.15, 0.2) is 5.78 Å². The summed E-state index contributed by atoms with van der Waals surface area (Å²) in [6, 6.07) is 14.9. The quantitative estimate of drug-likeness (QED) is 0.146. The van der Waals surface area contributed by atoms with E-state index in [0.29, 0.717) is 12.8 Å². The molecule has 0 N–H and O–H groups in total. The number of esters is 1. The molecule has 3 aromatic rings. The number of hydrogen-bond acceptors (Lipinski definition) is 7. The largest absolute Gasteiger partial charge is 0.457 e. The van der Waals surface area contributed by atoms with Gasteiger partial charge in [-0.1, -0.05) is 35.9 Å². The lowest BCUT2D eigenvalue weighted by molar-refractivity contribution is -0.154. The third kappa shape index (κ3) is 4.76. The fourth-order valence-corrected chi connectivity index (χ4v) is 4.73. The molecule has 0 bridgehead atoms. The van der Waals surface area contributed by atoms with Crippen molar-refractivity contribution in [1.29, 1.82) is 0 Å². The summed E-state index contributed by atoms with van der Waals surface area (Å²) in [5.41, 5.74) is 0.230. The van der Waals surface area contributed by atoms with E-state index in [2.05, 4.69) is 0 Å². The van der Waals surface area contributed by atoms with Crippen molar-refractivity contribution in [3.8, 4) is 5.75 Å². The second kappa shape index (κ2) is 10.5. The number of furan rings is 1. The Balaban J connectivity index is 1.39. The Morgan fingerprint density at radius 2 is 1.58 bits per heavy atom. The van der Waals surface area contributed by atoms with E-state index < -0.39 is 47.9 Å². The minimum Gasteiger partial charge on any atom is -0.457 e. The van der Waals surface area contributed by atoms with Gasteiger partial charge >= 0.3 is 5.97 Å². The number of Topliss-reactive ketones (excluding diaryl/α,β-unsaturated/α-hetero) is 1. The number of allylic oxidation sites excluding steroid dienone is 2. The normalized spacial score (nSPS) is 18.3. The summed E-state index contributed by atoms with van der Waals surface area (Å²) in [5, 5.41) is 1.79. The predicted octanol–water partition coefficient (Wildman–Crippen LogP) is 4.34. The maximum absolute atomic E-state index is 13.6.